The maximum atomic E-state index is 13.2. The van der Waals surface area contributed by atoms with E-state index in [4.69, 9.17) is 5.73 Å². The van der Waals surface area contributed by atoms with Crippen LogP contribution in [-0.4, -0.2) is 42.0 Å². The minimum Gasteiger partial charge on any atom is -0.369 e. The third kappa shape index (κ3) is 8.29. The zero-order valence-electron chi connectivity index (χ0n) is 20.7. The van der Waals surface area contributed by atoms with Crippen molar-refractivity contribution in [2.75, 3.05) is 5.32 Å². The van der Waals surface area contributed by atoms with E-state index in [9.17, 15) is 40.7 Å². The van der Waals surface area contributed by atoms with Crippen molar-refractivity contribution in [2.45, 2.75) is 51.1 Å². The van der Waals surface area contributed by atoms with Crippen LogP contribution < -0.4 is 16.4 Å². The highest BCUT2D eigenvalue weighted by Gasteiger charge is 2.40. The van der Waals surface area contributed by atoms with E-state index in [0.717, 1.165) is 5.56 Å². The third-order valence-corrected chi connectivity index (χ3v) is 6.22. The van der Waals surface area contributed by atoms with Crippen LogP contribution in [0.25, 0.3) is 0 Å². The number of carbonyl (C=O) groups is 3. The molecule has 3 atom stereocenters. The molecule has 7 nitrogen and oxygen atoms in total. The number of nitrogens with zero attached hydrogens (tertiary/aromatic N) is 1. The van der Waals surface area contributed by atoms with Crippen molar-refractivity contribution in [3.8, 4) is 0 Å². The van der Waals surface area contributed by atoms with Gasteiger partial charge in [0.05, 0.1) is 11.4 Å². The Morgan fingerprint density at radius 1 is 0.949 bits per heavy atom. The molecule has 3 amide bonds. The Kier molecular flexibility index (Phi) is 9.03. The molecule has 3 rings (SSSR count). The number of benzodiazepines with no additional fused rings is 1. The number of anilines is 1. The molecule has 2 unspecified atom stereocenters. The van der Waals surface area contributed by atoms with Crippen molar-refractivity contribution in [2.24, 2.45) is 22.6 Å². The Bertz CT molecular complexity index is 1240. The molecule has 2 aromatic rings. The Morgan fingerprint density at radius 2 is 1.51 bits per heavy atom. The first kappa shape index (κ1) is 29.7. The number of hydrogen-bond donors (Lipinski definition) is 3. The van der Waals surface area contributed by atoms with Crippen LogP contribution in [0.1, 0.15) is 42.4 Å². The smallest absolute Gasteiger partial charge is 0.369 e. The number of halogens is 6. The highest BCUT2D eigenvalue weighted by Crippen LogP contribution is 2.33. The topological polar surface area (TPSA) is 114 Å². The van der Waals surface area contributed by atoms with Gasteiger partial charge in [0.1, 0.15) is 0 Å². The Hall–Kier alpha value is -3.90. The van der Waals surface area contributed by atoms with E-state index in [1.54, 1.807) is 48.5 Å². The molecule has 0 fully saturated rings. The predicted octanol–water partition coefficient (Wildman–Crippen LogP) is 4.63. The van der Waals surface area contributed by atoms with Crippen LogP contribution in [0.2, 0.25) is 0 Å². The van der Waals surface area contributed by atoms with Crippen LogP contribution in [0.15, 0.2) is 53.5 Å². The van der Waals surface area contributed by atoms with E-state index < -0.39 is 73.8 Å². The van der Waals surface area contributed by atoms with E-state index in [0.29, 0.717) is 16.8 Å². The summed E-state index contributed by atoms with van der Waals surface area (Å²) in [5.74, 6) is -7.19. The van der Waals surface area contributed by atoms with Gasteiger partial charge in [-0.05, 0) is 25.8 Å². The highest BCUT2D eigenvalue weighted by molar-refractivity contribution is 6.19. The second-order valence-corrected chi connectivity index (χ2v) is 9.21. The van der Waals surface area contributed by atoms with Gasteiger partial charge in [-0.3, -0.25) is 14.4 Å². The van der Waals surface area contributed by atoms with E-state index in [-0.39, 0.29) is 5.71 Å². The summed E-state index contributed by atoms with van der Waals surface area (Å²) in [5.41, 5.74) is 7.86. The van der Waals surface area contributed by atoms with Gasteiger partial charge >= 0.3 is 12.4 Å². The zero-order chi connectivity index (χ0) is 29.0. The van der Waals surface area contributed by atoms with E-state index in [1.165, 1.54) is 0 Å². The lowest BCUT2D eigenvalue weighted by Crippen LogP contribution is -2.48. The average molecular weight is 557 g/mol. The minimum absolute atomic E-state index is 0.282. The fourth-order valence-electron chi connectivity index (χ4n) is 4.23. The lowest BCUT2D eigenvalue weighted by atomic mass is 9.83. The van der Waals surface area contributed by atoms with Crippen molar-refractivity contribution >= 4 is 29.1 Å². The number of para-hydroxylation sites is 1. The number of nitrogens with one attached hydrogen (secondary N) is 2. The van der Waals surface area contributed by atoms with Crippen molar-refractivity contribution in [1.29, 1.82) is 0 Å². The average Bonchev–Trinajstić information content (AvgIpc) is 2.96. The SMILES string of the molecule is Cc1ccc(C2=N[C@H](NC(=O)C(CCC(F)(F)F)C(CCC(F)(F)F)C(N)=O)C(=O)Nc3ccccc32)cc1. The summed E-state index contributed by atoms with van der Waals surface area (Å²) in [6.45, 7) is 1.86. The van der Waals surface area contributed by atoms with Crippen LogP contribution in [0, 0.1) is 18.8 Å². The molecule has 0 spiro atoms. The minimum atomic E-state index is -4.76. The number of rotatable bonds is 9. The number of carbonyl (C=O) groups excluding carboxylic acids is 3. The lowest BCUT2D eigenvalue weighted by Gasteiger charge is -2.26. The summed E-state index contributed by atoms with van der Waals surface area (Å²) in [5, 5.41) is 4.82. The van der Waals surface area contributed by atoms with Crippen LogP contribution in [0.3, 0.4) is 0 Å². The van der Waals surface area contributed by atoms with Crippen molar-refractivity contribution in [1.82, 2.24) is 5.32 Å². The number of aliphatic imine (C=N–C) groups is 1. The fourth-order valence-corrected chi connectivity index (χ4v) is 4.23. The summed E-state index contributed by atoms with van der Waals surface area (Å²) in [4.78, 5) is 42.6. The largest absolute Gasteiger partial charge is 0.389 e. The molecule has 210 valence electrons. The molecule has 1 aliphatic heterocycles. The van der Waals surface area contributed by atoms with Crippen molar-refractivity contribution < 1.29 is 40.7 Å². The number of nitrogens with two attached hydrogens (primary N) is 1. The van der Waals surface area contributed by atoms with Gasteiger partial charge in [-0.2, -0.15) is 26.3 Å². The van der Waals surface area contributed by atoms with Crippen LogP contribution >= 0.6 is 0 Å². The molecule has 0 saturated carbocycles. The van der Waals surface area contributed by atoms with E-state index in [2.05, 4.69) is 15.6 Å². The van der Waals surface area contributed by atoms with Gasteiger partial charge in [-0.15, -0.1) is 0 Å². The molecule has 0 radical (unpaired) electrons. The first-order valence-electron chi connectivity index (χ1n) is 11.9. The van der Waals surface area contributed by atoms with Gasteiger partial charge in [-0.25, -0.2) is 4.99 Å². The number of primary amides is 1. The van der Waals surface area contributed by atoms with Gasteiger partial charge < -0.3 is 16.4 Å². The molecule has 0 aromatic heterocycles. The molecule has 0 aliphatic carbocycles. The highest BCUT2D eigenvalue weighted by atomic mass is 19.4. The quantitative estimate of drug-likeness (QED) is 0.392. The number of fused-ring (bicyclic) bond motifs is 1. The monoisotopic (exact) mass is 556 g/mol. The second kappa shape index (κ2) is 11.9. The zero-order valence-corrected chi connectivity index (χ0v) is 20.7. The third-order valence-electron chi connectivity index (χ3n) is 6.22. The molecule has 1 heterocycles. The number of aryl methyl sites for hydroxylation is 1. The molecule has 4 N–H and O–H groups in total. The van der Waals surface area contributed by atoms with Crippen molar-refractivity contribution in [3.05, 3.63) is 65.2 Å². The molecule has 1 aliphatic rings. The maximum Gasteiger partial charge on any atom is 0.389 e. The Labute approximate surface area is 219 Å². The number of amides is 3. The first-order valence-corrected chi connectivity index (χ1v) is 11.9. The molecule has 13 heteroatoms. The first-order chi connectivity index (χ1) is 18.1. The molecule has 39 heavy (non-hydrogen) atoms. The summed E-state index contributed by atoms with van der Waals surface area (Å²) in [6, 6.07) is 13.6. The lowest BCUT2D eigenvalue weighted by molar-refractivity contribution is -0.152. The van der Waals surface area contributed by atoms with Crippen LogP contribution in [0.5, 0.6) is 0 Å². The molecular weight excluding hydrogens is 530 g/mol. The molecule has 0 bridgehead atoms. The summed E-state index contributed by atoms with van der Waals surface area (Å²) in [7, 11) is 0. The van der Waals surface area contributed by atoms with Gasteiger partial charge in [0.15, 0.2) is 0 Å². The van der Waals surface area contributed by atoms with Crippen LogP contribution in [-0.2, 0) is 14.4 Å². The predicted molar refractivity (Wildman–Crippen MR) is 131 cm³/mol. The summed E-state index contributed by atoms with van der Waals surface area (Å²) >= 11 is 0. The molecule has 2 aromatic carbocycles. The van der Waals surface area contributed by atoms with Gasteiger partial charge in [0.2, 0.25) is 18.0 Å². The fraction of sp³-hybridized carbons (Fsp3) is 0.385. The second-order valence-electron chi connectivity index (χ2n) is 9.21. The standard InChI is InChI=1S/C26H26F6N4O3/c1-14-6-8-15(9-7-14)20-18-4-2-3-5-19(18)34-24(39)22(35-20)36-23(38)17(11-13-26(30,31)32)16(21(33)37)10-12-25(27,28)29/h2-9,16-17,22H,10-13H2,1H3,(H2,33,37)(H,34,39)(H,36,38)/t16?,17?,22-/m1/s1. The Morgan fingerprint density at radius 3 is 2.08 bits per heavy atom. The number of hydrogen-bond acceptors (Lipinski definition) is 4. The van der Waals surface area contributed by atoms with Crippen LogP contribution in [0.4, 0.5) is 32.0 Å². The number of benzene rings is 2. The van der Waals surface area contributed by atoms with E-state index >= 15 is 0 Å². The van der Waals surface area contributed by atoms with Gasteiger partial charge in [0.25, 0.3) is 5.91 Å². The van der Waals surface area contributed by atoms with Crippen molar-refractivity contribution in [3.63, 3.8) is 0 Å². The Balaban J connectivity index is 1.98. The normalized spacial score (nSPS) is 17.3. The molecule has 0 saturated heterocycles. The van der Waals surface area contributed by atoms with Gasteiger partial charge in [0, 0.05) is 35.8 Å². The van der Waals surface area contributed by atoms with E-state index in [1.807, 2.05) is 6.92 Å². The number of alkyl halides is 6. The summed E-state index contributed by atoms with van der Waals surface area (Å²) in [6.07, 6.45) is -16.3. The molecular formula is C26H26F6N4O3. The maximum absolute atomic E-state index is 13.2. The van der Waals surface area contributed by atoms with Gasteiger partial charge in [-0.1, -0.05) is 48.0 Å². The summed E-state index contributed by atoms with van der Waals surface area (Å²) < 4.78 is 77.5.